The van der Waals surface area contributed by atoms with Crippen molar-refractivity contribution in [1.82, 2.24) is 5.43 Å². The molecule has 2 rings (SSSR count). The van der Waals surface area contributed by atoms with Gasteiger partial charge in [-0.05, 0) is 43.4 Å². The van der Waals surface area contributed by atoms with E-state index in [2.05, 4.69) is 19.3 Å². The molecule has 0 aromatic rings. The number of rotatable bonds is 4. The first kappa shape index (κ1) is 14.3. The van der Waals surface area contributed by atoms with E-state index in [1.165, 1.54) is 44.9 Å². The predicted octanol–water partition coefficient (Wildman–Crippen LogP) is 2.85. The van der Waals surface area contributed by atoms with Crippen LogP contribution in [0, 0.1) is 17.8 Å². The third kappa shape index (κ3) is 2.59. The van der Waals surface area contributed by atoms with Gasteiger partial charge in [-0.3, -0.25) is 11.3 Å². The largest absolute Gasteiger partial charge is 0.377 e. The Labute approximate surface area is 112 Å². The lowest BCUT2D eigenvalue weighted by Crippen LogP contribution is -2.57. The van der Waals surface area contributed by atoms with E-state index in [9.17, 15) is 0 Å². The van der Waals surface area contributed by atoms with Gasteiger partial charge in [0.05, 0.1) is 11.6 Å². The molecule has 0 bridgehead atoms. The molecule has 2 aliphatic carbocycles. The average molecular weight is 254 g/mol. The number of ether oxygens (including phenoxy) is 1. The van der Waals surface area contributed by atoms with Crippen molar-refractivity contribution in [3.63, 3.8) is 0 Å². The second-order valence-electron chi connectivity index (χ2n) is 6.65. The van der Waals surface area contributed by atoms with Crippen molar-refractivity contribution in [2.75, 3.05) is 7.11 Å². The molecule has 0 radical (unpaired) electrons. The van der Waals surface area contributed by atoms with Crippen LogP contribution in [0.5, 0.6) is 0 Å². The number of nitrogens with one attached hydrogen (secondary N) is 1. The summed E-state index contributed by atoms with van der Waals surface area (Å²) in [6.45, 7) is 4.77. The molecular formula is C15H30N2O. The van der Waals surface area contributed by atoms with E-state index in [-0.39, 0.29) is 5.60 Å². The fraction of sp³-hybridized carbons (Fsp3) is 1.00. The highest BCUT2D eigenvalue weighted by Gasteiger charge is 2.46. The number of nitrogens with two attached hydrogens (primary N) is 1. The summed E-state index contributed by atoms with van der Waals surface area (Å²) in [6.07, 6.45) is 8.82. The Morgan fingerprint density at radius 2 is 1.83 bits per heavy atom. The van der Waals surface area contributed by atoms with Gasteiger partial charge < -0.3 is 4.74 Å². The maximum Gasteiger partial charge on any atom is 0.0847 e. The first-order valence-electron chi connectivity index (χ1n) is 7.64. The van der Waals surface area contributed by atoms with Gasteiger partial charge in [0.25, 0.3) is 0 Å². The fourth-order valence-electron chi connectivity index (χ4n) is 4.23. The quantitative estimate of drug-likeness (QED) is 0.599. The second kappa shape index (κ2) is 5.89. The minimum atomic E-state index is -0.000283. The van der Waals surface area contributed by atoms with Crippen molar-refractivity contribution in [1.29, 1.82) is 0 Å². The fourth-order valence-corrected chi connectivity index (χ4v) is 4.23. The molecular weight excluding hydrogens is 224 g/mol. The zero-order chi connectivity index (χ0) is 13.2. The van der Waals surface area contributed by atoms with Crippen LogP contribution in [-0.2, 0) is 4.74 Å². The zero-order valence-corrected chi connectivity index (χ0v) is 12.2. The molecule has 2 fully saturated rings. The van der Waals surface area contributed by atoms with E-state index in [4.69, 9.17) is 10.6 Å². The van der Waals surface area contributed by atoms with Crippen LogP contribution in [0.15, 0.2) is 0 Å². The van der Waals surface area contributed by atoms with Gasteiger partial charge in [0.15, 0.2) is 0 Å². The lowest BCUT2D eigenvalue weighted by Gasteiger charge is -2.44. The van der Waals surface area contributed by atoms with E-state index < -0.39 is 0 Å². The normalized spacial score (nSPS) is 37.7. The summed E-state index contributed by atoms with van der Waals surface area (Å²) in [6, 6.07) is 0.333. The van der Waals surface area contributed by atoms with Gasteiger partial charge in [-0.1, -0.05) is 33.1 Å². The zero-order valence-electron chi connectivity index (χ0n) is 12.2. The summed E-state index contributed by atoms with van der Waals surface area (Å²) in [7, 11) is 1.87. The Hall–Kier alpha value is -0.120. The van der Waals surface area contributed by atoms with Crippen LogP contribution in [0.1, 0.15) is 58.8 Å². The highest BCUT2D eigenvalue weighted by atomic mass is 16.5. The van der Waals surface area contributed by atoms with Crippen molar-refractivity contribution in [2.45, 2.75) is 70.4 Å². The van der Waals surface area contributed by atoms with Crippen LogP contribution >= 0.6 is 0 Å². The van der Waals surface area contributed by atoms with Gasteiger partial charge in [0, 0.05) is 7.11 Å². The van der Waals surface area contributed by atoms with Crippen molar-refractivity contribution in [2.24, 2.45) is 23.6 Å². The molecule has 0 amide bonds. The summed E-state index contributed by atoms with van der Waals surface area (Å²) < 4.78 is 5.92. The molecule has 0 aromatic carbocycles. The van der Waals surface area contributed by atoms with Crippen LogP contribution in [0.2, 0.25) is 0 Å². The molecule has 0 heterocycles. The number of methoxy groups -OCH3 is 1. The molecule has 2 saturated carbocycles. The van der Waals surface area contributed by atoms with Crippen LogP contribution in [-0.4, -0.2) is 18.8 Å². The molecule has 2 aliphatic rings. The van der Waals surface area contributed by atoms with Crippen molar-refractivity contribution in [3.8, 4) is 0 Å². The van der Waals surface area contributed by atoms with Gasteiger partial charge >= 0.3 is 0 Å². The maximum atomic E-state index is 5.92. The third-order valence-corrected chi connectivity index (χ3v) is 5.71. The first-order chi connectivity index (χ1) is 8.63. The molecule has 0 aromatic heterocycles. The van der Waals surface area contributed by atoms with Crippen molar-refractivity contribution < 1.29 is 4.74 Å². The Kier molecular flexibility index (Phi) is 4.68. The van der Waals surface area contributed by atoms with Gasteiger partial charge in [0.1, 0.15) is 0 Å². The monoisotopic (exact) mass is 254 g/mol. The van der Waals surface area contributed by atoms with E-state index in [0.717, 1.165) is 11.8 Å². The van der Waals surface area contributed by atoms with Gasteiger partial charge in [0.2, 0.25) is 0 Å². The van der Waals surface area contributed by atoms with Gasteiger partial charge in [-0.15, -0.1) is 0 Å². The summed E-state index contributed by atoms with van der Waals surface area (Å²) >= 11 is 0. The van der Waals surface area contributed by atoms with Gasteiger partial charge in [-0.25, -0.2) is 0 Å². The summed E-state index contributed by atoms with van der Waals surface area (Å²) in [5.74, 6) is 8.25. The lowest BCUT2D eigenvalue weighted by molar-refractivity contribution is -0.0610. The highest BCUT2D eigenvalue weighted by molar-refractivity contribution is 5.00. The lowest BCUT2D eigenvalue weighted by atomic mass is 9.69. The Balaban J connectivity index is 2.08. The molecule has 106 valence electrons. The van der Waals surface area contributed by atoms with E-state index >= 15 is 0 Å². The summed E-state index contributed by atoms with van der Waals surface area (Å²) in [4.78, 5) is 0. The van der Waals surface area contributed by atoms with E-state index in [0.29, 0.717) is 12.0 Å². The second-order valence-corrected chi connectivity index (χ2v) is 6.65. The minimum Gasteiger partial charge on any atom is -0.377 e. The van der Waals surface area contributed by atoms with Crippen molar-refractivity contribution in [3.05, 3.63) is 0 Å². The molecule has 0 aliphatic heterocycles. The van der Waals surface area contributed by atoms with Crippen LogP contribution in [0.3, 0.4) is 0 Å². The maximum absolute atomic E-state index is 5.92. The Bertz CT molecular complexity index is 263. The number of hydrogen-bond donors (Lipinski definition) is 2. The average Bonchev–Trinajstić information content (AvgIpc) is 2.84. The molecule has 18 heavy (non-hydrogen) atoms. The van der Waals surface area contributed by atoms with E-state index in [1.807, 2.05) is 7.11 Å². The molecule has 3 nitrogen and oxygen atoms in total. The molecule has 4 atom stereocenters. The van der Waals surface area contributed by atoms with Crippen LogP contribution in [0.25, 0.3) is 0 Å². The highest BCUT2D eigenvalue weighted by Crippen LogP contribution is 2.43. The molecule has 0 saturated heterocycles. The predicted molar refractivity (Wildman–Crippen MR) is 75.0 cm³/mol. The Morgan fingerprint density at radius 3 is 2.33 bits per heavy atom. The van der Waals surface area contributed by atoms with Crippen LogP contribution < -0.4 is 11.3 Å². The summed E-state index contributed by atoms with van der Waals surface area (Å²) in [5.41, 5.74) is 3.12. The SMILES string of the molecule is COC1(C(NN)C2CCC(C)C(C)C2)CCCC1. The first-order valence-corrected chi connectivity index (χ1v) is 7.64. The number of hydrazine groups is 1. The third-order valence-electron chi connectivity index (χ3n) is 5.71. The Morgan fingerprint density at radius 1 is 1.17 bits per heavy atom. The van der Waals surface area contributed by atoms with E-state index in [1.54, 1.807) is 0 Å². The molecule has 3 N–H and O–H groups in total. The minimum absolute atomic E-state index is 0.000283. The molecule has 4 unspecified atom stereocenters. The summed E-state index contributed by atoms with van der Waals surface area (Å²) in [5, 5.41) is 0. The smallest absolute Gasteiger partial charge is 0.0847 e. The van der Waals surface area contributed by atoms with Crippen LogP contribution in [0.4, 0.5) is 0 Å². The standard InChI is InChI=1S/C15H30N2O/c1-11-6-7-13(10-12(11)2)14(17-16)15(18-3)8-4-5-9-15/h11-14,17H,4-10,16H2,1-3H3. The topological polar surface area (TPSA) is 47.3 Å². The molecule has 3 heteroatoms. The van der Waals surface area contributed by atoms with Gasteiger partial charge in [-0.2, -0.15) is 0 Å². The van der Waals surface area contributed by atoms with Crippen molar-refractivity contribution >= 4 is 0 Å². The molecule has 0 spiro atoms. The number of hydrogen-bond acceptors (Lipinski definition) is 3.